The number of alkyl halides is 3. The van der Waals surface area contributed by atoms with Gasteiger partial charge in [-0.2, -0.15) is 13.2 Å². The number of aromatic nitrogens is 2. The zero-order valence-corrected chi connectivity index (χ0v) is 14.1. The molecule has 1 aromatic carbocycles. The molecule has 6 nitrogen and oxygen atoms in total. The lowest BCUT2D eigenvalue weighted by atomic mass is 10.1. The van der Waals surface area contributed by atoms with Gasteiger partial charge in [0.05, 0.1) is 11.3 Å². The maximum absolute atomic E-state index is 13.1. The Balaban J connectivity index is 1.78. The van der Waals surface area contributed by atoms with Crippen molar-refractivity contribution in [3.05, 3.63) is 47.8 Å². The van der Waals surface area contributed by atoms with E-state index in [0.29, 0.717) is 5.95 Å². The summed E-state index contributed by atoms with van der Waals surface area (Å²) in [5.74, 6) is -0.311. The average Bonchev–Trinajstić information content (AvgIpc) is 2.62. The van der Waals surface area contributed by atoms with Crippen LogP contribution in [0.4, 0.5) is 24.8 Å². The molecule has 1 amide bonds. The van der Waals surface area contributed by atoms with Gasteiger partial charge in [0.15, 0.2) is 0 Å². The molecule has 2 aromatic rings. The van der Waals surface area contributed by atoms with Crippen molar-refractivity contribution in [2.45, 2.75) is 6.18 Å². The van der Waals surface area contributed by atoms with Crippen LogP contribution >= 0.6 is 0 Å². The molecule has 0 spiro atoms. The highest BCUT2D eigenvalue weighted by atomic mass is 19.4. The van der Waals surface area contributed by atoms with Crippen LogP contribution < -0.4 is 10.2 Å². The fourth-order valence-corrected chi connectivity index (χ4v) is 2.66. The molecule has 2 heterocycles. The molecular weight excluding hydrogens is 347 g/mol. The Morgan fingerprint density at radius 2 is 1.81 bits per heavy atom. The molecule has 0 atom stereocenters. The number of para-hydroxylation sites is 1. The summed E-state index contributed by atoms with van der Waals surface area (Å²) in [6.07, 6.45) is -3.12. The normalized spacial score (nSPS) is 15.8. The van der Waals surface area contributed by atoms with E-state index < -0.39 is 17.6 Å². The first-order valence-corrected chi connectivity index (χ1v) is 8.09. The summed E-state index contributed by atoms with van der Waals surface area (Å²) in [4.78, 5) is 24.9. The number of benzene rings is 1. The average molecular weight is 365 g/mol. The second-order valence-electron chi connectivity index (χ2n) is 6.03. The molecule has 1 N–H and O–H groups in total. The van der Waals surface area contributed by atoms with Gasteiger partial charge in [0, 0.05) is 32.4 Å². The summed E-state index contributed by atoms with van der Waals surface area (Å²) in [5.41, 5.74) is -1.18. The minimum atomic E-state index is -4.56. The second-order valence-corrected chi connectivity index (χ2v) is 6.03. The van der Waals surface area contributed by atoms with Crippen molar-refractivity contribution in [3.63, 3.8) is 0 Å². The molecule has 26 heavy (non-hydrogen) atoms. The number of hydrogen-bond donors (Lipinski definition) is 1. The zero-order valence-electron chi connectivity index (χ0n) is 14.1. The van der Waals surface area contributed by atoms with Gasteiger partial charge in [-0.05, 0) is 25.2 Å². The summed E-state index contributed by atoms with van der Waals surface area (Å²) in [6.45, 7) is 3.13. The third-order valence-corrected chi connectivity index (χ3v) is 4.14. The number of nitrogens with one attached hydrogen (secondary N) is 1. The van der Waals surface area contributed by atoms with Crippen LogP contribution in [0.1, 0.15) is 16.1 Å². The molecule has 9 heteroatoms. The Labute approximate surface area is 148 Å². The first-order valence-electron chi connectivity index (χ1n) is 8.09. The maximum Gasteiger partial charge on any atom is 0.418 e. The molecule has 1 aliphatic rings. The summed E-state index contributed by atoms with van der Waals surface area (Å²) < 4.78 is 39.2. The molecule has 138 valence electrons. The van der Waals surface area contributed by atoms with E-state index >= 15 is 0 Å². The van der Waals surface area contributed by atoms with Gasteiger partial charge in [-0.1, -0.05) is 12.1 Å². The number of anilines is 2. The van der Waals surface area contributed by atoms with Gasteiger partial charge in [0.25, 0.3) is 5.91 Å². The number of rotatable bonds is 3. The fourth-order valence-electron chi connectivity index (χ4n) is 2.66. The van der Waals surface area contributed by atoms with Crippen LogP contribution in [-0.2, 0) is 6.18 Å². The number of carbonyl (C=O) groups is 1. The Hall–Kier alpha value is -2.68. The van der Waals surface area contributed by atoms with E-state index in [4.69, 9.17) is 0 Å². The summed E-state index contributed by atoms with van der Waals surface area (Å²) in [5, 5.41) is 2.29. The van der Waals surface area contributed by atoms with E-state index in [1.54, 1.807) is 0 Å². The van der Waals surface area contributed by atoms with Crippen molar-refractivity contribution in [2.24, 2.45) is 0 Å². The van der Waals surface area contributed by atoms with Crippen molar-refractivity contribution in [3.8, 4) is 0 Å². The first-order chi connectivity index (χ1) is 12.3. The molecular formula is C17H18F3N5O. The third-order valence-electron chi connectivity index (χ3n) is 4.14. The van der Waals surface area contributed by atoms with E-state index in [-0.39, 0.29) is 11.4 Å². The second kappa shape index (κ2) is 7.28. The topological polar surface area (TPSA) is 61.4 Å². The van der Waals surface area contributed by atoms with E-state index in [1.165, 1.54) is 30.5 Å². The van der Waals surface area contributed by atoms with Crippen LogP contribution in [-0.4, -0.2) is 54.0 Å². The lowest BCUT2D eigenvalue weighted by Crippen LogP contribution is -2.45. The predicted octanol–water partition coefficient (Wildman–Crippen LogP) is 2.50. The fraction of sp³-hybridized carbons (Fsp3) is 0.353. The number of nitrogens with zero attached hydrogens (tertiary/aromatic N) is 4. The monoisotopic (exact) mass is 365 g/mol. The minimum Gasteiger partial charge on any atom is -0.338 e. The Morgan fingerprint density at radius 3 is 2.50 bits per heavy atom. The highest BCUT2D eigenvalue weighted by Gasteiger charge is 2.33. The van der Waals surface area contributed by atoms with Gasteiger partial charge in [-0.3, -0.25) is 4.79 Å². The van der Waals surface area contributed by atoms with Crippen LogP contribution in [0.2, 0.25) is 0 Å². The Kier molecular flexibility index (Phi) is 5.08. The maximum atomic E-state index is 13.1. The van der Waals surface area contributed by atoms with Crippen LogP contribution in [0.25, 0.3) is 0 Å². The van der Waals surface area contributed by atoms with Gasteiger partial charge in [-0.25, -0.2) is 9.97 Å². The summed E-state index contributed by atoms with van der Waals surface area (Å²) in [6, 6.07) is 6.22. The smallest absolute Gasteiger partial charge is 0.338 e. The largest absolute Gasteiger partial charge is 0.418 e. The Morgan fingerprint density at radius 1 is 1.12 bits per heavy atom. The number of halogens is 3. The lowest BCUT2D eigenvalue weighted by molar-refractivity contribution is -0.136. The molecule has 3 rings (SSSR count). The van der Waals surface area contributed by atoms with E-state index in [0.717, 1.165) is 32.2 Å². The first kappa shape index (κ1) is 18.1. The quantitative estimate of drug-likeness (QED) is 0.906. The molecule has 0 saturated carbocycles. The highest BCUT2D eigenvalue weighted by molar-refractivity contribution is 6.03. The van der Waals surface area contributed by atoms with Crippen LogP contribution in [0.15, 0.2) is 36.5 Å². The van der Waals surface area contributed by atoms with Crippen molar-refractivity contribution in [1.29, 1.82) is 0 Å². The van der Waals surface area contributed by atoms with E-state index in [1.807, 2.05) is 11.9 Å². The number of carbonyl (C=O) groups excluding carboxylic acids is 1. The SMILES string of the molecule is CN1CCN(c2nccc(C(=O)Nc3ccccc3C(F)(F)F)n2)CC1. The molecule has 1 saturated heterocycles. The Bertz CT molecular complexity index is 788. The number of piperazine rings is 1. The number of hydrogen-bond acceptors (Lipinski definition) is 5. The predicted molar refractivity (Wildman–Crippen MR) is 91.1 cm³/mol. The van der Waals surface area contributed by atoms with E-state index in [9.17, 15) is 18.0 Å². The number of likely N-dealkylation sites (N-methyl/N-ethyl adjacent to an activating group) is 1. The van der Waals surface area contributed by atoms with Gasteiger partial charge >= 0.3 is 6.18 Å². The van der Waals surface area contributed by atoms with Crippen molar-refractivity contribution >= 4 is 17.5 Å². The molecule has 0 radical (unpaired) electrons. The molecule has 1 fully saturated rings. The molecule has 1 aliphatic heterocycles. The van der Waals surface area contributed by atoms with Crippen molar-refractivity contribution in [1.82, 2.24) is 14.9 Å². The third kappa shape index (κ3) is 4.10. The number of amides is 1. The van der Waals surface area contributed by atoms with Crippen molar-refractivity contribution < 1.29 is 18.0 Å². The molecule has 0 unspecified atom stereocenters. The van der Waals surface area contributed by atoms with Gasteiger partial charge in [0.2, 0.25) is 5.95 Å². The molecule has 0 bridgehead atoms. The lowest BCUT2D eigenvalue weighted by Gasteiger charge is -2.32. The van der Waals surface area contributed by atoms with Crippen LogP contribution in [0.3, 0.4) is 0 Å². The highest BCUT2D eigenvalue weighted by Crippen LogP contribution is 2.34. The van der Waals surface area contributed by atoms with Gasteiger partial charge in [-0.15, -0.1) is 0 Å². The van der Waals surface area contributed by atoms with Crippen LogP contribution in [0, 0.1) is 0 Å². The summed E-state index contributed by atoms with van der Waals surface area (Å²) >= 11 is 0. The van der Waals surface area contributed by atoms with E-state index in [2.05, 4.69) is 20.2 Å². The molecule has 1 aromatic heterocycles. The molecule has 0 aliphatic carbocycles. The van der Waals surface area contributed by atoms with Gasteiger partial charge < -0.3 is 15.1 Å². The van der Waals surface area contributed by atoms with Crippen molar-refractivity contribution in [2.75, 3.05) is 43.4 Å². The summed E-state index contributed by atoms with van der Waals surface area (Å²) in [7, 11) is 2.01. The zero-order chi connectivity index (χ0) is 18.7. The standard InChI is InChI=1S/C17H18F3N5O/c1-24-8-10-25(11-9-24)16-21-7-6-14(23-16)15(26)22-13-5-3-2-4-12(13)17(18,19)20/h2-7H,8-11H2,1H3,(H,22,26). The van der Waals surface area contributed by atoms with Crippen LogP contribution in [0.5, 0.6) is 0 Å². The van der Waals surface area contributed by atoms with Gasteiger partial charge in [0.1, 0.15) is 5.69 Å². The minimum absolute atomic E-state index is 0.0194.